The van der Waals surface area contributed by atoms with Gasteiger partial charge in [0.05, 0.1) is 19.2 Å². The maximum Gasteiger partial charge on any atom is 0.192 e. The van der Waals surface area contributed by atoms with Gasteiger partial charge in [0.1, 0.15) is 0 Å². The number of aliphatic hydroxyl groups excluding tert-OH is 1. The molecule has 0 aliphatic heterocycles. The van der Waals surface area contributed by atoms with Gasteiger partial charge in [-0.1, -0.05) is 30.3 Å². The molecule has 1 atom stereocenters. The van der Waals surface area contributed by atoms with Crippen LogP contribution in [0.1, 0.15) is 35.9 Å². The van der Waals surface area contributed by atoms with Crippen LogP contribution in [0.4, 0.5) is 0 Å². The highest BCUT2D eigenvalue weighted by atomic mass is 32.1. The Morgan fingerprint density at radius 1 is 1.23 bits per heavy atom. The van der Waals surface area contributed by atoms with Gasteiger partial charge < -0.3 is 15.7 Å². The highest BCUT2D eigenvalue weighted by molar-refractivity contribution is 7.10. The van der Waals surface area contributed by atoms with E-state index in [0.717, 1.165) is 23.6 Å². The molecule has 1 heterocycles. The lowest BCUT2D eigenvalue weighted by atomic mass is 10.1. The lowest BCUT2D eigenvalue weighted by Crippen LogP contribution is -2.38. The van der Waals surface area contributed by atoms with Crippen LogP contribution < -0.4 is 10.6 Å². The molecule has 0 aliphatic carbocycles. The molecule has 2 aromatic rings. The number of benzene rings is 1. The predicted octanol–water partition coefficient (Wildman–Crippen LogP) is 3.06. The summed E-state index contributed by atoms with van der Waals surface area (Å²) < 4.78 is 0. The number of aliphatic hydroxyl groups is 1. The van der Waals surface area contributed by atoms with Crippen molar-refractivity contribution in [2.24, 2.45) is 4.99 Å². The van der Waals surface area contributed by atoms with E-state index >= 15 is 0 Å². The number of aliphatic imine (C=N–C) groups is 1. The summed E-state index contributed by atoms with van der Waals surface area (Å²) in [6, 6.07) is 12.2. The summed E-state index contributed by atoms with van der Waals surface area (Å²) in [6.07, 6.45) is 0. The average molecular weight is 317 g/mol. The summed E-state index contributed by atoms with van der Waals surface area (Å²) in [7, 11) is 0. The first-order valence-corrected chi connectivity index (χ1v) is 8.38. The van der Waals surface area contributed by atoms with Crippen LogP contribution in [-0.2, 0) is 13.2 Å². The van der Waals surface area contributed by atoms with Crippen LogP contribution in [0.15, 0.2) is 46.8 Å². The second-order valence-electron chi connectivity index (χ2n) is 5.00. The Morgan fingerprint density at radius 2 is 2.00 bits per heavy atom. The first-order chi connectivity index (χ1) is 10.7. The highest BCUT2D eigenvalue weighted by Crippen LogP contribution is 2.18. The Bertz CT molecular complexity index is 596. The topological polar surface area (TPSA) is 56.7 Å². The molecule has 0 fully saturated rings. The van der Waals surface area contributed by atoms with Gasteiger partial charge in [-0.3, -0.25) is 0 Å². The first-order valence-electron chi connectivity index (χ1n) is 7.50. The standard InChI is InChI=1S/C17H23N3OS/c1-3-18-17(20-13(2)16-9-6-10-22-16)19-11-14-7-4-5-8-15(14)12-21/h4-10,13,21H,3,11-12H2,1-2H3,(H2,18,19,20). The van der Waals surface area contributed by atoms with Gasteiger partial charge in [-0.25, -0.2) is 4.99 Å². The maximum atomic E-state index is 9.38. The number of rotatable bonds is 6. The Kier molecular flexibility index (Phi) is 6.43. The van der Waals surface area contributed by atoms with Gasteiger partial charge >= 0.3 is 0 Å². The third kappa shape index (κ3) is 4.58. The third-order valence-electron chi connectivity index (χ3n) is 3.36. The van der Waals surface area contributed by atoms with Crippen molar-refractivity contribution < 1.29 is 5.11 Å². The quantitative estimate of drug-likeness (QED) is 0.567. The zero-order valence-corrected chi connectivity index (χ0v) is 13.9. The minimum Gasteiger partial charge on any atom is -0.392 e. The molecular formula is C17H23N3OS. The number of hydrogen-bond donors (Lipinski definition) is 3. The summed E-state index contributed by atoms with van der Waals surface area (Å²) in [6.45, 7) is 5.57. The molecule has 4 nitrogen and oxygen atoms in total. The van der Waals surface area contributed by atoms with Crippen LogP contribution in [0.2, 0.25) is 0 Å². The molecule has 0 saturated heterocycles. The van der Waals surface area contributed by atoms with E-state index in [0.29, 0.717) is 6.54 Å². The molecule has 1 aromatic heterocycles. The smallest absolute Gasteiger partial charge is 0.192 e. The molecule has 0 aliphatic rings. The molecular weight excluding hydrogens is 294 g/mol. The Balaban J connectivity index is 2.06. The minimum absolute atomic E-state index is 0.0429. The Morgan fingerprint density at radius 3 is 2.64 bits per heavy atom. The van der Waals surface area contributed by atoms with Crippen molar-refractivity contribution in [3.05, 3.63) is 57.8 Å². The molecule has 0 amide bonds. The maximum absolute atomic E-state index is 9.38. The van der Waals surface area contributed by atoms with Crippen molar-refractivity contribution in [1.82, 2.24) is 10.6 Å². The summed E-state index contributed by atoms with van der Waals surface area (Å²) in [5.74, 6) is 0.788. The lowest BCUT2D eigenvalue weighted by molar-refractivity contribution is 0.280. The van der Waals surface area contributed by atoms with E-state index in [2.05, 4.69) is 47.0 Å². The van der Waals surface area contributed by atoms with Crippen molar-refractivity contribution in [2.45, 2.75) is 33.0 Å². The molecule has 5 heteroatoms. The van der Waals surface area contributed by atoms with Gasteiger partial charge in [0.15, 0.2) is 5.96 Å². The fourth-order valence-electron chi connectivity index (χ4n) is 2.16. The Hall–Kier alpha value is -1.85. The molecule has 0 spiro atoms. The first kappa shape index (κ1) is 16.5. The zero-order chi connectivity index (χ0) is 15.8. The second kappa shape index (κ2) is 8.56. The van der Waals surface area contributed by atoms with Gasteiger partial charge in [-0.05, 0) is 36.4 Å². The van der Waals surface area contributed by atoms with Crippen LogP contribution in [0, 0.1) is 0 Å². The van der Waals surface area contributed by atoms with Gasteiger partial charge in [0.2, 0.25) is 0 Å². The van der Waals surface area contributed by atoms with E-state index < -0.39 is 0 Å². The minimum atomic E-state index is 0.0429. The van der Waals surface area contributed by atoms with Crippen molar-refractivity contribution in [3.63, 3.8) is 0 Å². The van der Waals surface area contributed by atoms with E-state index in [4.69, 9.17) is 0 Å². The summed E-state index contributed by atoms with van der Waals surface area (Å²) in [5.41, 5.74) is 1.97. The average Bonchev–Trinajstić information content (AvgIpc) is 3.07. The number of thiophene rings is 1. The number of nitrogens with one attached hydrogen (secondary N) is 2. The SMILES string of the molecule is CCNC(=NCc1ccccc1CO)NC(C)c1cccs1. The number of hydrogen-bond acceptors (Lipinski definition) is 3. The summed E-state index contributed by atoms with van der Waals surface area (Å²) in [5, 5.41) is 18.1. The van der Waals surface area contributed by atoms with E-state index in [-0.39, 0.29) is 12.6 Å². The summed E-state index contributed by atoms with van der Waals surface area (Å²) >= 11 is 1.73. The molecule has 0 radical (unpaired) electrons. The zero-order valence-electron chi connectivity index (χ0n) is 13.0. The third-order valence-corrected chi connectivity index (χ3v) is 4.42. The van der Waals surface area contributed by atoms with Crippen LogP contribution in [0.5, 0.6) is 0 Å². The lowest BCUT2D eigenvalue weighted by Gasteiger charge is -2.17. The van der Waals surface area contributed by atoms with E-state index in [1.54, 1.807) is 11.3 Å². The number of nitrogens with zero attached hydrogens (tertiary/aromatic N) is 1. The second-order valence-corrected chi connectivity index (χ2v) is 5.98. The Labute approximate surface area is 135 Å². The number of guanidine groups is 1. The van der Waals surface area contributed by atoms with Crippen LogP contribution >= 0.6 is 11.3 Å². The van der Waals surface area contributed by atoms with E-state index in [1.807, 2.05) is 24.3 Å². The molecule has 0 saturated carbocycles. The van der Waals surface area contributed by atoms with Crippen LogP contribution in [0.25, 0.3) is 0 Å². The van der Waals surface area contributed by atoms with Crippen molar-refractivity contribution in [3.8, 4) is 0 Å². The summed E-state index contributed by atoms with van der Waals surface area (Å²) in [4.78, 5) is 5.91. The van der Waals surface area contributed by atoms with Gasteiger partial charge in [0, 0.05) is 11.4 Å². The molecule has 1 unspecified atom stereocenters. The fourth-order valence-corrected chi connectivity index (χ4v) is 2.90. The van der Waals surface area contributed by atoms with Crippen molar-refractivity contribution >= 4 is 17.3 Å². The highest BCUT2D eigenvalue weighted by Gasteiger charge is 2.08. The van der Waals surface area contributed by atoms with Crippen LogP contribution in [0.3, 0.4) is 0 Å². The van der Waals surface area contributed by atoms with Crippen molar-refractivity contribution in [1.29, 1.82) is 0 Å². The molecule has 118 valence electrons. The molecule has 1 aromatic carbocycles. The van der Waals surface area contributed by atoms with E-state index in [9.17, 15) is 5.11 Å². The molecule has 2 rings (SSSR count). The van der Waals surface area contributed by atoms with Crippen molar-refractivity contribution in [2.75, 3.05) is 6.54 Å². The molecule has 22 heavy (non-hydrogen) atoms. The molecule has 3 N–H and O–H groups in total. The van der Waals surface area contributed by atoms with Gasteiger partial charge in [0.25, 0.3) is 0 Å². The van der Waals surface area contributed by atoms with Gasteiger partial charge in [-0.2, -0.15) is 0 Å². The predicted molar refractivity (Wildman–Crippen MR) is 93.1 cm³/mol. The fraction of sp³-hybridized carbons (Fsp3) is 0.353. The van der Waals surface area contributed by atoms with Gasteiger partial charge in [-0.15, -0.1) is 11.3 Å². The normalized spacial score (nSPS) is 13.0. The monoisotopic (exact) mass is 317 g/mol. The van der Waals surface area contributed by atoms with E-state index in [1.165, 1.54) is 4.88 Å². The van der Waals surface area contributed by atoms with Crippen LogP contribution in [-0.4, -0.2) is 17.6 Å². The largest absolute Gasteiger partial charge is 0.392 e. The molecule has 0 bridgehead atoms.